The smallest absolute Gasteiger partial charge is 0.160 e. The lowest BCUT2D eigenvalue weighted by Gasteiger charge is -2.00. The third-order valence-electron chi connectivity index (χ3n) is 2.64. The molecule has 0 saturated carbocycles. The first-order chi connectivity index (χ1) is 7.83. The Bertz CT molecular complexity index is 553. The lowest BCUT2D eigenvalue weighted by atomic mass is 10.1. The molecule has 2 aromatic carbocycles. The number of fused-ring (bicyclic) bond motifs is 1. The van der Waals surface area contributed by atoms with E-state index in [1.807, 2.05) is 24.3 Å². The molecule has 0 aromatic heterocycles. The molecule has 1 aliphatic rings. The summed E-state index contributed by atoms with van der Waals surface area (Å²) in [6.07, 6.45) is 0. The maximum absolute atomic E-state index is 4.50. The summed E-state index contributed by atoms with van der Waals surface area (Å²) in [4.78, 5) is 4.50. The molecule has 1 heterocycles. The van der Waals surface area contributed by atoms with Gasteiger partial charge in [-0.2, -0.15) is 0 Å². The summed E-state index contributed by atoms with van der Waals surface area (Å²) in [6.45, 7) is 2.08. The summed E-state index contributed by atoms with van der Waals surface area (Å²) in [7, 11) is 0. The fourth-order valence-electron chi connectivity index (χ4n) is 1.74. The Morgan fingerprint density at radius 3 is 2.19 bits per heavy atom. The van der Waals surface area contributed by atoms with Crippen molar-refractivity contribution in [1.29, 1.82) is 0 Å². The molecule has 1 aliphatic heterocycles. The second kappa shape index (κ2) is 3.49. The molecule has 2 nitrogen and oxygen atoms in total. The van der Waals surface area contributed by atoms with Crippen molar-refractivity contribution in [2.75, 3.05) is 0 Å². The van der Waals surface area contributed by atoms with Crippen LogP contribution in [0.3, 0.4) is 0 Å². The minimum absolute atomic E-state index is 0.807. The topological polar surface area (TPSA) is 26.5 Å². The number of para-hydroxylation sites is 2. The van der Waals surface area contributed by atoms with Crippen LogP contribution in [-0.2, 0) is 0 Å². The van der Waals surface area contributed by atoms with Gasteiger partial charge in [0.05, 0.1) is 11.4 Å². The molecule has 2 heteroatoms. The van der Waals surface area contributed by atoms with Gasteiger partial charge in [0.15, 0.2) is 5.84 Å². The number of amidine groups is 1. The van der Waals surface area contributed by atoms with E-state index in [1.54, 1.807) is 0 Å². The van der Waals surface area contributed by atoms with Crippen LogP contribution in [-0.4, -0.2) is 5.84 Å². The lowest BCUT2D eigenvalue weighted by Crippen LogP contribution is -2.07. The van der Waals surface area contributed by atoms with E-state index in [0.717, 1.165) is 22.8 Å². The molecular weight excluding hydrogens is 196 g/mol. The normalized spacial score (nSPS) is 12.9. The molecule has 0 bridgehead atoms. The van der Waals surface area contributed by atoms with Gasteiger partial charge in [-0.3, -0.25) is 0 Å². The first kappa shape index (κ1) is 9.16. The molecule has 0 aliphatic carbocycles. The molecule has 0 unspecified atom stereocenters. The van der Waals surface area contributed by atoms with E-state index in [-0.39, 0.29) is 0 Å². The van der Waals surface area contributed by atoms with Gasteiger partial charge in [-0.25, -0.2) is 10.3 Å². The Balaban J connectivity index is 1.98. The van der Waals surface area contributed by atoms with Crippen molar-refractivity contribution in [3.8, 4) is 0 Å². The van der Waals surface area contributed by atoms with E-state index in [0.29, 0.717) is 0 Å². The Morgan fingerprint density at radius 1 is 0.812 bits per heavy atom. The number of nitrogens with zero attached hydrogens (tertiary/aromatic N) is 2. The highest BCUT2D eigenvalue weighted by Crippen LogP contribution is 2.31. The van der Waals surface area contributed by atoms with Gasteiger partial charge in [0.25, 0.3) is 0 Å². The molecule has 0 fully saturated rings. The third kappa shape index (κ3) is 1.48. The van der Waals surface area contributed by atoms with Crippen LogP contribution < -0.4 is 5.32 Å². The second-order valence-electron chi connectivity index (χ2n) is 3.90. The first-order valence-corrected chi connectivity index (χ1v) is 5.29. The molecule has 0 N–H and O–H groups in total. The third-order valence-corrected chi connectivity index (χ3v) is 2.64. The Kier molecular flexibility index (Phi) is 2.00. The van der Waals surface area contributed by atoms with Gasteiger partial charge in [0, 0.05) is 5.56 Å². The predicted molar refractivity (Wildman–Crippen MR) is 65.6 cm³/mol. The summed E-state index contributed by atoms with van der Waals surface area (Å²) in [5.74, 6) is 0.807. The van der Waals surface area contributed by atoms with Crippen LogP contribution in [0.15, 0.2) is 53.5 Å². The second-order valence-corrected chi connectivity index (χ2v) is 3.90. The zero-order chi connectivity index (χ0) is 11.0. The fraction of sp³-hybridized carbons (Fsp3) is 0.0714. The molecular formula is C14H11N2. The quantitative estimate of drug-likeness (QED) is 0.685. The van der Waals surface area contributed by atoms with Crippen molar-refractivity contribution in [3.63, 3.8) is 0 Å². The van der Waals surface area contributed by atoms with Crippen LogP contribution in [0.25, 0.3) is 0 Å². The molecule has 2 aromatic rings. The number of aliphatic imine (C=N–C) groups is 1. The standard InChI is InChI=1S/C14H11N2/c1-10-6-8-11(9-7-10)14-15-12-4-2-3-5-13(12)16-14/h2-9H,1H3. The molecule has 3 rings (SSSR count). The Labute approximate surface area is 94.7 Å². The molecule has 0 amide bonds. The van der Waals surface area contributed by atoms with Gasteiger partial charge in [-0.15, -0.1) is 0 Å². The maximum Gasteiger partial charge on any atom is 0.160 e. The van der Waals surface area contributed by atoms with Gasteiger partial charge in [-0.1, -0.05) is 42.0 Å². The predicted octanol–water partition coefficient (Wildman–Crippen LogP) is 3.32. The van der Waals surface area contributed by atoms with Gasteiger partial charge in [-0.05, 0) is 19.1 Å². The number of hydrogen-bond acceptors (Lipinski definition) is 1. The van der Waals surface area contributed by atoms with Crippen LogP contribution in [0.5, 0.6) is 0 Å². The van der Waals surface area contributed by atoms with Crippen molar-refractivity contribution in [3.05, 3.63) is 59.7 Å². The van der Waals surface area contributed by atoms with Crippen LogP contribution in [0.2, 0.25) is 0 Å². The van der Waals surface area contributed by atoms with E-state index >= 15 is 0 Å². The molecule has 0 atom stereocenters. The zero-order valence-corrected chi connectivity index (χ0v) is 9.01. The minimum atomic E-state index is 0.807. The molecule has 1 radical (unpaired) electrons. The van der Waals surface area contributed by atoms with Crippen LogP contribution in [0.1, 0.15) is 11.1 Å². The summed E-state index contributed by atoms with van der Waals surface area (Å²) < 4.78 is 0. The average molecular weight is 207 g/mol. The highest BCUT2D eigenvalue weighted by molar-refractivity contribution is 6.07. The number of rotatable bonds is 1. The number of hydrogen-bond donors (Lipinski definition) is 0. The summed E-state index contributed by atoms with van der Waals surface area (Å²) >= 11 is 0. The Hall–Kier alpha value is -2.09. The summed E-state index contributed by atoms with van der Waals surface area (Å²) in [5.41, 5.74) is 4.23. The van der Waals surface area contributed by atoms with E-state index in [4.69, 9.17) is 0 Å². The monoisotopic (exact) mass is 207 g/mol. The molecule has 0 saturated heterocycles. The van der Waals surface area contributed by atoms with Crippen LogP contribution >= 0.6 is 0 Å². The van der Waals surface area contributed by atoms with Gasteiger partial charge in [0.1, 0.15) is 0 Å². The van der Waals surface area contributed by atoms with E-state index in [2.05, 4.69) is 41.5 Å². The number of aryl methyl sites for hydroxylation is 1. The van der Waals surface area contributed by atoms with E-state index in [1.165, 1.54) is 5.56 Å². The van der Waals surface area contributed by atoms with Crippen molar-refractivity contribution in [1.82, 2.24) is 5.32 Å². The highest BCUT2D eigenvalue weighted by Gasteiger charge is 2.15. The summed E-state index contributed by atoms with van der Waals surface area (Å²) in [6, 6.07) is 16.2. The zero-order valence-electron chi connectivity index (χ0n) is 9.01. The van der Waals surface area contributed by atoms with E-state index < -0.39 is 0 Å². The fourth-order valence-corrected chi connectivity index (χ4v) is 1.74. The molecule has 77 valence electrons. The SMILES string of the molecule is Cc1ccc(C2=Nc3ccccc3[N]2)cc1. The molecule has 16 heavy (non-hydrogen) atoms. The Morgan fingerprint density at radius 2 is 1.50 bits per heavy atom. The van der Waals surface area contributed by atoms with Gasteiger partial charge >= 0.3 is 0 Å². The van der Waals surface area contributed by atoms with Crippen molar-refractivity contribution in [2.24, 2.45) is 4.99 Å². The van der Waals surface area contributed by atoms with Gasteiger partial charge in [0.2, 0.25) is 0 Å². The van der Waals surface area contributed by atoms with E-state index in [9.17, 15) is 0 Å². The maximum atomic E-state index is 4.50. The summed E-state index contributed by atoms with van der Waals surface area (Å²) in [5, 5.41) is 4.50. The first-order valence-electron chi connectivity index (χ1n) is 5.29. The van der Waals surface area contributed by atoms with Crippen molar-refractivity contribution in [2.45, 2.75) is 6.92 Å². The van der Waals surface area contributed by atoms with Crippen molar-refractivity contribution >= 4 is 17.2 Å². The van der Waals surface area contributed by atoms with Gasteiger partial charge < -0.3 is 0 Å². The minimum Gasteiger partial charge on any atom is -0.226 e. The average Bonchev–Trinajstić information content (AvgIpc) is 2.73. The van der Waals surface area contributed by atoms with Crippen LogP contribution in [0.4, 0.5) is 11.4 Å². The largest absolute Gasteiger partial charge is 0.226 e. The van der Waals surface area contributed by atoms with Crippen LogP contribution in [0, 0.1) is 6.92 Å². The highest BCUT2D eigenvalue weighted by atomic mass is 15.1. The lowest BCUT2D eigenvalue weighted by molar-refractivity contribution is 1.30. The van der Waals surface area contributed by atoms with Crippen molar-refractivity contribution < 1.29 is 0 Å². The molecule has 0 spiro atoms. The number of benzene rings is 2.